The summed E-state index contributed by atoms with van der Waals surface area (Å²) in [5.74, 6) is -0.250. The van der Waals surface area contributed by atoms with Gasteiger partial charge in [0.2, 0.25) is 0 Å². The molecule has 0 radical (unpaired) electrons. The summed E-state index contributed by atoms with van der Waals surface area (Å²) < 4.78 is 10.2. The summed E-state index contributed by atoms with van der Waals surface area (Å²) in [6, 6.07) is 13.2. The topological polar surface area (TPSA) is 64.6 Å². The number of benzene rings is 2. The van der Waals surface area contributed by atoms with Gasteiger partial charge in [-0.15, -0.1) is 0 Å². The minimum absolute atomic E-state index is 0.176. The van der Waals surface area contributed by atoms with Crippen molar-refractivity contribution in [1.82, 2.24) is 0 Å². The van der Waals surface area contributed by atoms with Gasteiger partial charge in [-0.2, -0.15) is 0 Å². The Morgan fingerprint density at radius 2 is 1.88 bits per heavy atom. The molecule has 2 aromatic rings. The van der Waals surface area contributed by atoms with Crippen LogP contribution in [-0.2, 0) is 33.6 Å². The number of methoxy groups -OCH3 is 1. The lowest BCUT2D eigenvalue weighted by molar-refractivity contribution is -0.146. The second kappa shape index (κ2) is 7.83. The second-order valence-corrected chi connectivity index (χ2v) is 6.04. The third-order valence-electron chi connectivity index (χ3n) is 4.26. The van der Waals surface area contributed by atoms with Crippen LogP contribution in [0.4, 0.5) is 5.69 Å². The molecule has 0 heterocycles. The van der Waals surface area contributed by atoms with Gasteiger partial charge < -0.3 is 14.8 Å². The molecule has 0 saturated carbocycles. The zero-order chi connectivity index (χ0) is 17.6. The van der Waals surface area contributed by atoms with Crippen molar-refractivity contribution in [3.05, 3.63) is 59.2 Å². The van der Waals surface area contributed by atoms with E-state index in [0.29, 0.717) is 11.4 Å². The minimum Gasteiger partial charge on any atom is -0.495 e. The van der Waals surface area contributed by atoms with Crippen molar-refractivity contribution < 1.29 is 19.1 Å². The Bertz CT molecular complexity index is 785. The van der Waals surface area contributed by atoms with E-state index in [0.717, 1.165) is 18.4 Å². The summed E-state index contributed by atoms with van der Waals surface area (Å²) >= 11 is 0. The predicted octanol–water partition coefficient (Wildman–Crippen LogP) is 2.91. The fourth-order valence-corrected chi connectivity index (χ4v) is 3.03. The molecule has 3 rings (SSSR count). The van der Waals surface area contributed by atoms with Crippen molar-refractivity contribution >= 4 is 17.6 Å². The molecule has 0 aliphatic heterocycles. The number of hydrogen-bond acceptors (Lipinski definition) is 4. The number of carbonyl (C=O) groups is 2. The van der Waals surface area contributed by atoms with Crippen LogP contribution in [0.1, 0.15) is 23.1 Å². The van der Waals surface area contributed by atoms with E-state index in [1.807, 2.05) is 12.1 Å². The van der Waals surface area contributed by atoms with Gasteiger partial charge >= 0.3 is 5.97 Å². The molecule has 25 heavy (non-hydrogen) atoms. The lowest BCUT2D eigenvalue weighted by Gasteiger charge is -2.10. The minimum atomic E-state index is -0.409. The maximum Gasteiger partial charge on any atom is 0.310 e. The fourth-order valence-electron chi connectivity index (χ4n) is 3.03. The van der Waals surface area contributed by atoms with Crippen LogP contribution in [0.2, 0.25) is 0 Å². The first kappa shape index (κ1) is 17.0. The highest BCUT2D eigenvalue weighted by molar-refractivity contribution is 5.94. The smallest absolute Gasteiger partial charge is 0.310 e. The number of fused-ring (bicyclic) bond motifs is 1. The lowest BCUT2D eigenvalue weighted by atomic mass is 10.0. The highest BCUT2D eigenvalue weighted by Crippen LogP contribution is 2.24. The number of hydrogen-bond donors (Lipinski definition) is 1. The molecule has 5 heteroatoms. The van der Waals surface area contributed by atoms with Gasteiger partial charge in [0.1, 0.15) is 5.75 Å². The number of amides is 1. The average Bonchev–Trinajstić information content (AvgIpc) is 3.08. The predicted molar refractivity (Wildman–Crippen MR) is 94.8 cm³/mol. The van der Waals surface area contributed by atoms with Gasteiger partial charge in [-0.25, -0.2) is 0 Å². The first-order valence-corrected chi connectivity index (χ1v) is 8.35. The van der Waals surface area contributed by atoms with Crippen LogP contribution < -0.4 is 10.1 Å². The van der Waals surface area contributed by atoms with Gasteiger partial charge in [-0.1, -0.05) is 30.3 Å². The van der Waals surface area contributed by atoms with Crippen LogP contribution in [0.25, 0.3) is 0 Å². The zero-order valence-corrected chi connectivity index (χ0v) is 14.2. The zero-order valence-electron chi connectivity index (χ0n) is 14.2. The van der Waals surface area contributed by atoms with Crippen LogP contribution in [0, 0.1) is 0 Å². The molecular formula is C20H21NO4. The Labute approximate surface area is 147 Å². The van der Waals surface area contributed by atoms with Crippen LogP contribution in [0.3, 0.4) is 0 Å². The van der Waals surface area contributed by atoms with E-state index in [4.69, 9.17) is 9.47 Å². The summed E-state index contributed by atoms with van der Waals surface area (Å²) in [4.78, 5) is 23.9. The molecule has 0 saturated heterocycles. The molecular weight excluding hydrogens is 318 g/mol. The molecule has 0 bridgehead atoms. The van der Waals surface area contributed by atoms with E-state index in [1.54, 1.807) is 18.2 Å². The molecule has 2 aromatic carbocycles. The number of nitrogens with one attached hydrogen (secondary N) is 1. The normalized spacial score (nSPS) is 12.4. The molecule has 1 aliphatic rings. The van der Waals surface area contributed by atoms with Crippen LogP contribution >= 0.6 is 0 Å². The summed E-state index contributed by atoms with van der Waals surface area (Å²) in [6.45, 7) is -0.318. The number of esters is 1. The molecule has 130 valence electrons. The number of carbonyl (C=O) groups excluding carboxylic acids is 2. The highest BCUT2D eigenvalue weighted by atomic mass is 16.5. The highest BCUT2D eigenvalue weighted by Gasteiger charge is 2.14. The monoisotopic (exact) mass is 339 g/mol. The summed E-state index contributed by atoms with van der Waals surface area (Å²) in [5, 5.41) is 2.67. The van der Waals surface area contributed by atoms with E-state index in [2.05, 4.69) is 17.4 Å². The standard InChI is InChI=1S/C20H21NO4/c1-24-18-8-3-2-7-17(18)21-19(22)13-25-20(23)12-14-9-10-15-5-4-6-16(15)11-14/h2-3,7-11H,4-6,12-13H2,1H3,(H,21,22). The first-order chi connectivity index (χ1) is 12.2. The summed E-state index contributed by atoms with van der Waals surface area (Å²) in [5.41, 5.74) is 4.16. The molecule has 1 N–H and O–H groups in total. The Balaban J connectivity index is 1.49. The largest absolute Gasteiger partial charge is 0.495 e. The molecule has 0 aromatic heterocycles. The molecule has 0 spiro atoms. The summed E-state index contributed by atoms with van der Waals surface area (Å²) in [6.07, 6.45) is 3.53. The third kappa shape index (κ3) is 4.38. The third-order valence-corrected chi connectivity index (χ3v) is 4.26. The maximum absolute atomic E-state index is 12.0. The van der Waals surface area contributed by atoms with Crippen LogP contribution in [-0.4, -0.2) is 25.6 Å². The Kier molecular flexibility index (Phi) is 5.33. The van der Waals surface area contributed by atoms with Gasteiger partial charge in [-0.3, -0.25) is 9.59 Å². The number of ether oxygens (including phenoxy) is 2. The molecule has 0 fully saturated rings. The van der Waals surface area contributed by atoms with E-state index >= 15 is 0 Å². The molecule has 0 unspecified atom stereocenters. The molecule has 5 nitrogen and oxygen atoms in total. The number of anilines is 1. The van der Waals surface area contributed by atoms with Crippen molar-refractivity contribution in [3.63, 3.8) is 0 Å². The van der Waals surface area contributed by atoms with Crippen molar-refractivity contribution in [2.24, 2.45) is 0 Å². The van der Waals surface area contributed by atoms with E-state index in [1.165, 1.54) is 24.7 Å². The Morgan fingerprint density at radius 1 is 1.08 bits per heavy atom. The Hall–Kier alpha value is -2.82. The molecule has 1 aliphatic carbocycles. The maximum atomic E-state index is 12.0. The van der Waals surface area contributed by atoms with Crippen molar-refractivity contribution in [2.45, 2.75) is 25.7 Å². The van der Waals surface area contributed by atoms with Crippen molar-refractivity contribution in [2.75, 3.05) is 19.0 Å². The lowest BCUT2D eigenvalue weighted by Crippen LogP contribution is -2.22. The summed E-state index contributed by atoms with van der Waals surface area (Å²) in [7, 11) is 1.53. The van der Waals surface area contributed by atoms with Gasteiger partial charge in [-0.05, 0) is 48.1 Å². The fraction of sp³-hybridized carbons (Fsp3) is 0.300. The Morgan fingerprint density at radius 3 is 2.72 bits per heavy atom. The van der Waals surface area contributed by atoms with Gasteiger partial charge in [0.25, 0.3) is 5.91 Å². The van der Waals surface area contributed by atoms with Crippen LogP contribution in [0.5, 0.6) is 5.75 Å². The van der Waals surface area contributed by atoms with E-state index in [9.17, 15) is 9.59 Å². The van der Waals surface area contributed by atoms with Crippen molar-refractivity contribution in [3.8, 4) is 5.75 Å². The van der Waals surface area contributed by atoms with Crippen LogP contribution in [0.15, 0.2) is 42.5 Å². The SMILES string of the molecule is COc1ccccc1NC(=O)COC(=O)Cc1ccc2c(c1)CCC2. The van der Waals surface area contributed by atoms with E-state index in [-0.39, 0.29) is 13.0 Å². The molecule has 0 atom stereocenters. The van der Waals surface area contributed by atoms with E-state index < -0.39 is 11.9 Å². The van der Waals surface area contributed by atoms with Crippen molar-refractivity contribution in [1.29, 1.82) is 0 Å². The molecule has 1 amide bonds. The average molecular weight is 339 g/mol. The number of aryl methyl sites for hydroxylation is 2. The van der Waals surface area contributed by atoms with Gasteiger partial charge in [0.15, 0.2) is 6.61 Å². The van der Waals surface area contributed by atoms with Gasteiger partial charge in [0, 0.05) is 0 Å². The number of rotatable bonds is 6. The second-order valence-electron chi connectivity index (χ2n) is 6.04. The van der Waals surface area contributed by atoms with Gasteiger partial charge in [0.05, 0.1) is 19.2 Å². The number of para-hydroxylation sites is 2. The first-order valence-electron chi connectivity index (χ1n) is 8.35. The quantitative estimate of drug-likeness (QED) is 0.822.